The summed E-state index contributed by atoms with van der Waals surface area (Å²) in [4.78, 5) is 0. The maximum absolute atomic E-state index is 6.80. The van der Waals surface area contributed by atoms with Gasteiger partial charge in [0.05, 0.1) is 0 Å². The van der Waals surface area contributed by atoms with Gasteiger partial charge >= 0.3 is 0 Å². The van der Waals surface area contributed by atoms with E-state index >= 15 is 0 Å². The van der Waals surface area contributed by atoms with Crippen molar-refractivity contribution in [2.24, 2.45) is 17.6 Å². The van der Waals surface area contributed by atoms with E-state index < -0.39 is 0 Å². The van der Waals surface area contributed by atoms with E-state index in [-0.39, 0.29) is 0 Å². The molecule has 2 N–H and O–H groups in total. The van der Waals surface area contributed by atoms with Crippen LogP contribution in [0.15, 0.2) is 66.7 Å². The van der Waals surface area contributed by atoms with Crippen molar-refractivity contribution in [2.75, 3.05) is 0 Å². The Morgan fingerprint density at radius 1 is 0.900 bits per heavy atom. The number of fused-ring (bicyclic) bond motifs is 3. The van der Waals surface area contributed by atoms with Gasteiger partial charge in [-0.2, -0.15) is 0 Å². The molecule has 0 bridgehead atoms. The van der Waals surface area contributed by atoms with Crippen molar-refractivity contribution in [2.45, 2.75) is 41.0 Å². The summed E-state index contributed by atoms with van der Waals surface area (Å²) in [6, 6.07) is 23.6. The highest BCUT2D eigenvalue weighted by atomic mass is 32.1. The highest BCUT2D eigenvalue weighted by Crippen LogP contribution is 2.36. The first kappa shape index (κ1) is 22.1. The molecule has 4 aromatic rings. The normalized spacial score (nSPS) is 14.0. The van der Waals surface area contributed by atoms with Crippen LogP contribution in [0, 0.1) is 11.8 Å². The fourth-order valence-corrected chi connectivity index (χ4v) is 5.23. The van der Waals surface area contributed by atoms with Crippen molar-refractivity contribution in [3.8, 4) is 0 Å². The van der Waals surface area contributed by atoms with E-state index in [0.29, 0.717) is 11.8 Å². The maximum atomic E-state index is 6.80. The van der Waals surface area contributed by atoms with Gasteiger partial charge in [-0.25, -0.2) is 0 Å². The fraction of sp³-hybridized carbons (Fsp3) is 0.286. The molecule has 1 nitrogen and oxygen atoms in total. The van der Waals surface area contributed by atoms with Crippen molar-refractivity contribution < 1.29 is 0 Å². The summed E-state index contributed by atoms with van der Waals surface area (Å²) in [5, 5.41) is 4.96. The molecule has 1 heterocycles. The second-order valence-corrected chi connectivity index (χ2v) is 8.82. The number of nitrogens with two attached hydrogens (primary N) is 1. The summed E-state index contributed by atoms with van der Waals surface area (Å²) in [6.45, 7) is 10.8. The summed E-state index contributed by atoms with van der Waals surface area (Å²) in [5.74, 6) is 1.17. The number of hydrogen-bond acceptors (Lipinski definition) is 2. The highest BCUT2D eigenvalue weighted by Gasteiger charge is 2.11. The third-order valence-electron chi connectivity index (χ3n) is 5.67. The van der Waals surface area contributed by atoms with Crippen LogP contribution in [0.2, 0.25) is 0 Å². The summed E-state index contributed by atoms with van der Waals surface area (Å²) in [6.07, 6.45) is 3.54. The minimum atomic E-state index is 0.550. The predicted molar refractivity (Wildman–Crippen MR) is 136 cm³/mol. The molecule has 0 aliphatic carbocycles. The molecule has 2 heteroatoms. The smallest absolute Gasteiger partial charge is 0.0481 e. The van der Waals surface area contributed by atoms with E-state index in [1.54, 1.807) is 0 Å². The predicted octanol–water partition coefficient (Wildman–Crippen LogP) is 6.66. The molecule has 1 aromatic heterocycles. The molecule has 30 heavy (non-hydrogen) atoms. The van der Waals surface area contributed by atoms with Crippen molar-refractivity contribution in [1.29, 1.82) is 0 Å². The van der Waals surface area contributed by atoms with E-state index in [0.717, 1.165) is 22.9 Å². The van der Waals surface area contributed by atoms with Gasteiger partial charge in [0.15, 0.2) is 0 Å². The zero-order valence-corrected chi connectivity index (χ0v) is 19.6. The van der Waals surface area contributed by atoms with Crippen LogP contribution < -0.4 is 16.2 Å². The molecule has 1 unspecified atom stereocenters. The first-order chi connectivity index (χ1) is 14.6. The summed E-state index contributed by atoms with van der Waals surface area (Å²) < 4.78 is 2.58. The third-order valence-corrected chi connectivity index (χ3v) is 6.89. The molecule has 0 saturated carbocycles. The Balaban J connectivity index is 0.00000124. The van der Waals surface area contributed by atoms with E-state index in [1.807, 2.05) is 25.2 Å². The minimum Gasteiger partial charge on any atom is -0.398 e. The molecular weight excluding hydrogens is 382 g/mol. The monoisotopic (exact) mass is 415 g/mol. The van der Waals surface area contributed by atoms with Crippen molar-refractivity contribution in [3.05, 3.63) is 82.7 Å². The van der Waals surface area contributed by atoms with Crippen LogP contribution in [-0.2, 0) is 0 Å². The lowest BCUT2D eigenvalue weighted by Gasteiger charge is -2.14. The molecule has 0 fully saturated rings. The molecule has 0 spiro atoms. The third kappa shape index (κ3) is 4.29. The van der Waals surface area contributed by atoms with Crippen LogP contribution in [0.5, 0.6) is 0 Å². The number of hydrogen-bond donors (Lipinski definition) is 1. The Kier molecular flexibility index (Phi) is 7.33. The Labute approximate surface area is 184 Å². The van der Waals surface area contributed by atoms with Gasteiger partial charge in [0.2, 0.25) is 0 Å². The van der Waals surface area contributed by atoms with E-state index in [9.17, 15) is 0 Å². The standard InChI is InChI=1S/C26H27NS.C2H6/c1-4-18(17(2)3)16-19-10-5-6-11-20(19)25(27)23-14-9-13-22-21-12-7-8-15-24(21)28-26(22)23;1-2/h5-18H,4,27H2,1-3H3;1-2H3/b19-16-,25-20-;. The van der Waals surface area contributed by atoms with Crippen molar-refractivity contribution >= 4 is 43.3 Å². The van der Waals surface area contributed by atoms with Gasteiger partial charge in [0, 0.05) is 36.7 Å². The van der Waals surface area contributed by atoms with Gasteiger partial charge in [-0.3, -0.25) is 0 Å². The first-order valence-electron chi connectivity index (χ1n) is 11.1. The molecule has 0 radical (unpaired) electrons. The van der Waals surface area contributed by atoms with Gasteiger partial charge in [-0.05, 0) is 29.5 Å². The molecular formula is C28H33NS. The number of rotatable bonds is 4. The second-order valence-electron chi connectivity index (χ2n) is 7.76. The van der Waals surface area contributed by atoms with Crippen molar-refractivity contribution in [3.63, 3.8) is 0 Å². The summed E-state index contributed by atoms with van der Waals surface area (Å²) in [7, 11) is 0. The second kappa shape index (κ2) is 9.95. The van der Waals surface area contributed by atoms with Crippen LogP contribution in [0.1, 0.15) is 46.6 Å². The maximum Gasteiger partial charge on any atom is 0.0481 e. The highest BCUT2D eigenvalue weighted by molar-refractivity contribution is 7.26. The largest absolute Gasteiger partial charge is 0.398 e. The van der Waals surface area contributed by atoms with Crippen LogP contribution in [0.4, 0.5) is 0 Å². The van der Waals surface area contributed by atoms with Crippen LogP contribution in [-0.4, -0.2) is 0 Å². The van der Waals surface area contributed by atoms with Gasteiger partial charge < -0.3 is 5.73 Å². The average Bonchev–Trinajstić information content (AvgIpc) is 3.17. The molecule has 0 aliphatic rings. The van der Waals surface area contributed by atoms with Gasteiger partial charge in [0.1, 0.15) is 0 Å². The molecule has 4 rings (SSSR count). The van der Waals surface area contributed by atoms with Crippen LogP contribution in [0.3, 0.4) is 0 Å². The lowest BCUT2D eigenvalue weighted by molar-refractivity contribution is 0.476. The van der Waals surface area contributed by atoms with Gasteiger partial charge in [0.25, 0.3) is 0 Å². The van der Waals surface area contributed by atoms with Crippen LogP contribution in [0.25, 0.3) is 31.9 Å². The lowest BCUT2D eigenvalue weighted by Crippen LogP contribution is -2.31. The average molecular weight is 416 g/mol. The Morgan fingerprint density at radius 2 is 1.57 bits per heavy atom. The molecule has 0 amide bonds. The molecule has 0 saturated heterocycles. The molecule has 156 valence electrons. The van der Waals surface area contributed by atoms with E-state index in [2.05, 4.69) is 93.6 Å². The summed E-state index contributed by atoms with van der Waals surface area (Å²) >= 11 is 1.83. The Bertz CT molecular complexity index is 1250. The zero-order chi connectivity index (χ0) is 21.7. The topological polar surface area (TPSA) is 26.0 Å². The van der Waals surface area contributed by atoms with Gasteiger partial charge in [-0.1, -0.05) is 101 Å². The molecule has 0 aliphatic heterocycles. The molecule has 1 atom stereocenters. The number of benzene rings is 3. The van der Waals surface area contributed by atoms with E-state index in [1.165, 1.54) is 25.4 Å². The quantitative estimate of drug-likeness (QED) is 0.396. The first-order valence-corrected chi connectivity index (χ1v) is 11.9. The lowest BCUT2D eigenvalue weighted by atomic mass is 9.91. The Hall–Kier alpha value is -2.58. The van der Waals surface area contributed by atoms with Gasteiger partial charge in [-0.15, -0.1) is 11.3 Å². The zero-order valence-electron chi connectivity index (χ0n) is 18.8. The summed E-state index contributed by atoms with van der Waals surface area (Å²) in [5.41, 5.74) is 8.80. The van der Waals surface area contributed by atoms with E-state index in [4.69, 9.17) is 5.73 Å². The van der Waals surface area contributed by atoms with Crippen LogP contribution >= 0.6 is 11.3 Å². The SMILES string of the molecule is CC.CCC(/C=c1/cccc/c1=C(/N)c1cccc2c1sc1ccccc12)C(C)C. The van der Waals surface area contributed by atoms with Crippen molar-refractivity contribution in [1.82, 2.24) is 0 Å². The minimum absolute atomic E-state index is 0.550. The molecule has 3 aromatic carbocycles. The number of thiophene rings is 1. The fourth-order valence-electron chi connectivity index (χ4n) is 4.00. The Morgan fingerprint density at radius 3 is 2.30 bits per heavy atom.